The van der Waals surface area contributed by atoms with Crippen LogP contribution in [0.4, 0.5) is 13.2 Å². The van der Waals surface area contributed by atoms with Gasteiger partial charge in [-0.05, 0) is 46.6 Å². The molecule has 1 unspecified atom stereocenters. The van der Waals surface area contributed by atoms with Crippen LogP contribution in [0.3, 0.4) is 0 Å². The molecule has 5 heteroatoms. The summed E-state index contributed by atoms with van der Waals surface area (Å²) in [7, 11) is 0. The summed E-state index contributed by atoms with van der Waals surface area (Å²) in [5.74, 6) is -0.581. The summed E-state index contributed by atoms with van der Waals surface area (Å²) in [4.78, 5) is 11.9. The molecule has 0 aliphatic carbocycles. The number of rotatable bonds is 6. The van der Waals surface area contributed by atoms with Crippen molar-refractivity contribution in [2.45, 2.75) is 52.6 Å². The third-order valence-corrected chi connectivity index (χ3v) is 5.21. The average molecular weight is 377 g/mol. The van der Waals surface area contributed by atoms with Gasteiger partial charge < -0.3 is 5.73 Å². The maximum Gasteiger partial charge on any atom is 0.417 e. The predicted octanol–water partition coefficient (Wildman–Crippen LogP) is 6.40. The van der Waals surface area contributed by atoms with E-state index in [0.717, 1.165) is 18.9 Å². The first-order valence-corrected chi connectivity index (χ1v) is 9.06. The Bertz CT molecular complexity index is 825. The van der Waals surface area contributed by atoms with Gasteiger partial charge in [0.15, 0.2) is 0 Å². The lowest BCUT2D eigenvalue weighted by Crippen LogP contribution is -2.18. The number of amides is 1. The van der Waals surface area contributed by atoms with Crippen molar-refractivity contribution in [3.05, 3.63) is 59.2 Å². The molecule has 2 rings (SSSR count). The topological polar surface area (TPSA) is 43.1 Å². The van der Waals surface area contributed by atoms with E-state index >= 15 is 0 Å². The van der Waals surface area contributed by atoms with Crippen molar-refractivity contribution < 1.29 is 18.0 Å². The van der Waals surface area contributed by atoms with E-state index in [9.17, 15) is 18.0 Å². The van der Waals surface area contributed by atoms with Gasteiger partial charge in [-0.25, -0.2) is 0 Å². The minimum atomic E-state index is -4.45. The fourth-order valence-electron chi connectivity index (χ4n) is 3.43. The van der Waals surface area contributed by atoms with Crippen molar-refractivity contribution in [1.82, 2.24) is 0 Å². The van der Waals surface area contributed by atoms with Crippen molar-refractivity contribution >= 4 is 5.91 Å². The van der Waals surface area contributed by atoms with Gasteiger partial charge in [-0.15, -0.1) is 0 Å². The second-order valence-corrected chi connectivity index (χ2v) is 7.83. The van der Waals surface area contributed by atoms with Crippen LogP contribution in [0.2, 0.25) is 0 Å². The molecule has 0 aliphatic heterocycles. The second-order valence-electron chi connectivity index (χ2n) is 7.83. The molecule has 27 heavy (non-hydrogen) atoms. The van der Waals surface area contributed by atoms with E-state index in [0.29, 0.717) is 16.7 Å². The Morgan fingerprint density at radius 2 is 1.74 bits per heavy atom. The summed E-state index contributed by atoms with van der Waals surface area (Å²) in [6.45, 7) is 8.35. The SMILES string of the molecule is CCC(C)(C)CC(C)c1cc(-c2ccccc2C(F)(F)F)ccc1C(N)=O. The lowest BCUT2D eigenvalue weighted by Gasteiger charge is -2.28. The number of primary amides is 1. The number of carbonyl (C=O) groups is 1. The lowest BCUT2D eigenvalue weighted by molar-refractivity contribution is -0.137. The van der Waals surface area contributed by atoms with Gasteiger partial charge in [-0.3, -0.25) is 4.79 Å². The number of carbonyl (C=O) groups excluding carboxylic acids is 1. The summed E-state index contributed by atoms with van der Waals surface area (Å²) < 4.78 is 40.2. The smallest absolute Gasteiger partial charge is 0.366 e. The van der Waals surface area contributed by atoms with Crippen molar-refractivity contribution in [1.29, 1.82) is 0 Å². The van der Waals surface area contributed by atoms with Crippen molar-refractivity contribution in [2.24, 2.45) is 11.1 Å². The predicted molar refractivity (Wildman–Crippen MR) is 103 cm³/mol. The van der Waals surface area contributed by atoms with Crippen LogP contribution in [0.1, 0.15) is 67.9 Å². The van der Waals surface area contributed by atoms with Gasteiger partial charge in [-0.1, -0.05) is 64.4 Å². The number of nitrogens with two attached hydrogens (primary N) is 1. The summed E-state index contributed by atoms with van der Waals surface area (Å²) >= 11 is 0. The standard InChI is InChI=1S/C22H26F3NO/c1-5-21(3,4)13-14(2)18-12-15(10-11-17(18)20(26)27)16-8-6-7-9-19(16)22(23,24)25/h6-12,14H,5,13H2,1-4H3,(H2,26,27). The van der Waals surface area contributed by atoms with Gasteiger partial charge in [0.1, 0.15) is 0 Å². The zero-order valence-corrected chi connectivity index (χ0v) is 16.2. The third-order valence-electron chi connectivity index (χ3n) is 5.21. The molecule has 0 spiro atoms. The number of hydrogen-bond donors (Lipinski definition) is 1. The lowest BCUT2D eigenvalue weighted by atomic mass is 9.77. The average Bonchev–Trinajstić information content (AvgIpc) is 2.60. The Kier molecular flexibility index (Phi) is 6.03. The molecule has 2 aromatic carbocycles. The van der Waals surface area contributed by atoms with Crippen molar-refractivity contribution in [3.8, 4) is 11.1 Å². The fraction of sp³-hybridized carbons (Fsp3) is 0.409. The van der Waals surface area contributed by atoms with Crippen molar-refractivity contribution in [3.63, 3.8) is 0 Å². The molecule has 0 radical (unpaired) electrons. The van der Waals surface area contributed by atoms with Crippen LogP contribution in [0.25, 0.3) is 11.1 Å². The van der Waals surface area contributed by atoms with Gasteiger partial charge in [0.05, 0.1) is 5.56 Å². The number of benzene rings is 2. The van der Waals surface area contributed by atoms with E-state index in [1.165, 1.54) is 24.3 Å². The summed E-state index contributed by atoms with van der Waals surface area (Å²) in [6, 6.07) is 10.2. The molecule has 0 heterocycles. The van der Waals surface area contributed by atoms with Crippen LogP contribution in [-0.2, 0) is 6.18 Å². The maximum absolute atomic E-state index is 13.4. The second kappa shape index (κ2) is 7.75. The van der Waals surface area contributed by atoms with E-state index in [1.54, 1.807) is 12.1 Å². The first kappa shape index (κ1) is 21.0. The number of alkyl halides is 3. The van der Waals surface area contributed by atoms with Crippen LogP contribution in [0.15, 0.2) is 42.5 Å². The Morgan fingerprint density at radius 3 is 2.30 bits per heavy atom. The maximum atomic E-state index is 13.4. The third kappa shape index (κ3) is 4.90. The van der Waals surface area contributed by atoms with E-state index in [2.05, 4.69) is 20.8 Å². The van der Waals surface area contributed by atoms with Crippen LogP contribution in [0.5, 0.6) is 0 Å². The van der Waals surface area contributed by atoms with Gasteiger partial charge in [-0.2, -0.15) is 13.2 Å². The molecule has 0 bridgehead atoms. The Labute approximate surface area is 158 Å². The molecular weight excluding hydrogens is 351 g/mol. The molecule has 0 aromatic heterocycles. The monoisotopic (exact) mass is 377 g/mol. The first-order valence-electron chi connectivity index (χ1n) is 9.06. The van der Waals surface area contributed by atoms with Gasteiger partial charge in [0.25, 0.3) is 0 Å². The summed E-state index contributed by atoms with van der Waals surface area (Å²) in [5, 5.41) is 0. The zero-order chi connectivity index (χ0) is 20.4. The largest absolute Gasteiger partial charge is 0.417 e. The van der Waals surface area contributed by atoms with Gasteiger partial charge >= 0.3 is 6.18 Å². The normalized spacial score (nSPS) is 13.4. The molecule has 0 saturated carbocycles. The van der Waals surface area contributed by atoms with Crippen LogP contribution >= 0.6 is 0 Å². The van der Waals surface area contributed by atoms with E-state index in [1.807, 2.05) is 6.92 Å². The minimum absolute atomic E-state index is 0.0135. The fourth-order valence-corrected chi connectivity index (χ4v) is 3.43. The highest BCUT2D eigenvalue weighted by Crippen LogP contribution is 2.40. The Morgan fingerprint density at radius 1 is 1.11 bits per heavy atom. The molecule has 2 N–H and O–H groups in total. The molecule has 0 fully saturated rings. The molecule has 146 valence electrons. The van der Waals surface area contributed by atoms with E-state index in [-0.39, 0.29) is 16.9 Å². The number of halogens is 3. The minimum Gasteiger partial charge on any atom is -0.366 e. The molecule has 1 amide bonds. The van der Waals surface area contributed by atoms with Crippen molar-refractivity contribution in [2.75, 3.05) is 0 Å². The molecule has 1 atom stereocenters. The molecule has 0 saturated heterocycles. The van der Waals surface area contributed by atoms with E-state index in [4.69, 9.17) is 5.73 Å². The molecule has 0 aliphatic rings. The Balaban J connectivity index is 2.59. The summed E-state index contributed by atoms with van der Waals surface area (Å²) in [5.41, 5.74) is 6.47. The summed E-state index contributed by atoms with van der Waals surface area (Å²) in [6.07, 6.45) is -2.69. The molecule has 2 nitrogen and oxygen atoms in total. The molecular formula is C22H26F3NO. The van der Waals surface area contributed by atoms with E-state index < -0.39 is 17.6 Å². The van der Waals surface area contributed by atoms with Crippen LogP contribution in [-0.4, -0.2) is 5.91 Å². The highest BCUT2D eigenvalue weighted by molar-refractivity contribution is 5.95. The number of hydrogen-bond acceptors (Lipinski definition) is 1. The van der Waals surface area contributed by atoms with Crippen LogP contribution < -0.4 is 5.73 Å². The highest BCUT2D eigenvalue weighted by Gasteiger charge is 2.33. The quantitative estimate of drug-likeness (QED) is 0.622. The zero-order valence-electron chi connectivity index (χ0n) is 16.2. The van der Waals surface area contributed by atoms with Crippen LogP contribution in [0, 0.1) is 5.41 Å². The molecule has 2 aromatic rings. The Hall–Kier alpha value is -2.30. The van der Waals surface area contributed by atoms with Gasteiger partial charge in [0, 0.05) is 5.56 Å². The highest BCUT2D eigenvalue weighted by atomic mass is 19.4. The van der Waals surface area contributed by atoms with Gasteiger partial charge in [0.2, 0.25) is 5.91 Å². The first-order chi connectivity index (χ1) is 12.5.